The Balaban J connectivity index is 1.82. The van der Waals surface area contributed by atoms with Gasteiger partial charge in [-0.1, -0.05) is 101 Å². The Morgan fingerprint density at radius 2 is 1.50 bits per heavy atom. The van der Waals surface area contributed by atoms with Crippen LogP contribution in [0.15, 0.2) is 112 Å². The van der Waals surface area contributed by atoms with Crippen molar-refractivity contribution < 1.29 is 18.0 Å². The molecule has 0 saturated heterocycles. The molecule has 0 spiro atoms. The van der Waals surface area contributed by atoms with E-state index in [1.807, 2.05) is 87.5 Å². The number of halogens is 1. The Morgan fingerprint density at radius 3 is 2.16 bits per heavy atom. The molecule has 9 heteroatoms. The minimum atomic E-state index is -4.15. The molecule has 1 atom stereocenters. The third-order valence-electron chi connectivity index (χ3n) is 7.39. The van der Waals surface area contributed by atoms with Crippen LogP contribution in [0.4, 0.5) is 5.69 Å². The predicted molar refractivity (Wildman–Crippen MR) is 179 cm³/mol. The Hall–Kier alpha value is -3.95. The fraction of sp³-hybridized carbons (Fsp3) is 0.257. The van der Waals surface area contributed by atoms with Crippen LogP contribution in [0.25, 0.3) is 0 Å². The summed E-state index contributed by atoms with van der Waals surface area (Å²) in [6, 6.07) is 30.0. The summed E-state index contributed by atoms with van der Waals surface area (Å²) in [5.74, 6) is -0.791. The number of hydrogen-bond donors (Lipinski definition) is 1. The second kappa shape index (κ2) is 15.2. The van der Waals surface area contributed by atoms with Gasteiger partial charge in [-0.25, -0.2) is 8.42 Å². The number of amides is 2. The highest BCUT2D eigenvalue weighted by atomic mass is 79.9. The summed E-state index contributed by atoms with van der Waals surface area (Å²) in [6.07, 6.45) is 0.838. The van der Waals surface area contributed by atoms with Gasteiger partial charge in [-0.05, 0) is 67.3 Å². The van der Waals surface area contributed by atoms with Gasteiger partial charge in [-0.15, -0.1) is 0 Å². The van der Waals surface area contributed by atoms with Crippen LogP contribution in [0.2, 0.25) is 0 Å². The summed E-state index contributed by atoms with van der Waals surface area (Å²) in [5.41, 5.74) is 3.84. The number of anilines is 1. The van der Waals surface area contributed by atoms with E-state index in [4.69, 9.17) is 0 Å². The van der Waals surface area contributed by atoms with Crippen molar-refractivity contribution in [1.82, 2.24) is 10.2 Å². The molecule has 0 unspecified atom stereocenters. The third-order valence-corrected chi connectivity index (χ3v) is 9.66. The number of nitrogens with zero attached hydrogens (tertiary/aromatic N) is 2. The van der Waals surface area contributed by atoms with E-state index in [1.165, 1.54) is 9.21 Å². The molecule has 0 saturated carbocycles. The van der Waals surface area contributed by atoms with Crippen LogP contribution in [0.5, 0.6) is 0 Å². The number of likely N-dealkylation sites (N-methyl/N-ethyl adjacent to an activating group) is 1. The zero-order chi connectivity index (χ0) is 31.7. The van der Waals surface area contributed by atoms with E-state index < -0.39 is 28.5 Å². The van der Waals surface area contributed by atoms with E-state index in [-0.39, 0.29) is 23.8 Å². The van der Waals surface area contributed by atoms with Crippen LogP contribution < -0.4 is 9.62 Å². The summed E-state index contributed by atoms with van der Waals surface area (Å²) in [5, 5.41) is 2.89. The van der Waals surface area contributed by atoms with Crippen LogP contribution in [0.1, 0.15) is 36.1 Å². The standard InChI is InChI=1S/C35H38BrN3O4S/c1-4-29-15-9-10-17-32(29)39(44(42,43)31-20-18-26(3)19-21-31)25-34(40)38(24-28-14-11-16-30(36)22-28)33(35(41)37-5-2)23-27-12-7-6-8-13-27/h6-22,33H,4-5,23-25H2,1-3H3,(H,37,41)/t33-/m1/s1. The van der Waals surface area contributed by atoms with Crippen molar-refractivity contribution in [2.24, 2.45) is 0 Å². The Kier molecular flexibility index (Phi) is 11.4. The van der Waals surface area contributed by atoms with E-state index in [0.29, 0.717) is 18.7 Å². The van der Waals surface area contributed by atoms with Crippen LogP contribution in [0, 0.1) is 6.92 Å². The number of para-hydroxylation sites is 1. The van der Waals surface area contributed by atoms with Gasteiger partial charge in [0, 0.05) is 24.0 Å². The smallest absolute Gasteiger partial charge is 0.264 e. The molecular formula is C35H38BrN3O4S. The van der Waals surface area contributed by atoms with Gasteiger partial charge >= 0.3 is 0 Å². The van der Waals surface area contributed by atoms with Crippen LogP contribution in [-0.4, -0.2) is 44.3 Å². The molecule has 4 aromatic rings. The molecule has 0 aromatic heterocycles. The summed E-state index contributed by atoms with van der Waals surface area (Å²) in [6.45, 7) is 5.68. The number of carbonyl (C=O) groups excluding carboxylic acids is 2. The summed E-state index contributed by atoms with van der Waals surface area (Å²) in [7, 11) is -4.15. The molecule has 0 aliphatic carbocycles. The van der Waals surface area contributed by atoms with Crippen LogP contribution in [-0.2, 0) is 39.0 Å². The lowest BCUT2D eigenvalue weighted by Gasteiger charge is -2.34. The van der Waals surface area contributed by atoms with Crippen molar-refractivity contribution in [1.29, 1.82) is 0 Å². The Morgan fingerprint density at radius 1 is 0.841 bits per heavy atom. The lowest BCUT2D eigenvalue weighted by atomic mass is 10.0. The average Bonchev–Trinajstić information content (AvgIpc) is 3.02. The second-order valence-corrected chi connectivity index (χ2v) is 13.3. The number of rotatable bonds is 13. The minimum Gasteiger partial charge on any atom is -0.355 e. The normalized spacial score (nSPS) is 11.9. The first-order valence-electron chi connectivity index (χ1n) is 14.7. The molecule has 2 amide bonds. The summed E-state index contributed by atoms with van der Waals surface area (Å²) < 4.78 is 30.5. The first-order chi connectivity index (χ1) is 21.1. The van der Waals surface area contributed by atoms with Gasteiger partial charge in [0.05, 0.1) is 10.6 Å². The highest BCUT2D eigenvalue weighted by molar-refractivity contribution is 9.10. The Labute approximate surface area is 269 Å². The van der Waals surface area contributed by atoms with E-state index in [1.54, 1.807) is 36.4 Å². The molecule has 0 heterocycles. The maximum atomic E-state index is 14.5. The van der Waals surface area contributed by atoms with Gasteiger partial charge in [0.25, 0.3) is 10.0 Å². The van der Waals surface area contributed by atoms with Gasteiger partial charge in [0.2, 0.25) is 11.8 Å². The largest absolute Gasteiger partial charge is 0.355 e. The van der Waals surface area contributed by atoms with Crippen LogP contribution >= 0.6 is 15.9 Å². The fourth-order valence-corrected chi connectivity index (χ4v) is 6.98. The van der Waals surface area contributed by atoms with E-state index >= 15 is 0 Å². The number of hydrogen-bond acceptors (Lipinski definition) is 4. The molecule has 7 nitrogen and oxygen atoms in total. The van der Waals surface area contributed by atoms with E-state index in [9.17, 15) is 18.0 Å². The second-order valence-electron chi connectivity index (χ2n) is 10.6. The maximum absolute atomic E-state index is 14.5. The lowest BCUT2D eigenvalue weighted by Crippen LogP contribution is -2.53. The fourth-order valence-electron chi connectivity index (χ4n) is 5.08. The van der Waals surface area contributed by atoms with Gasteiger partial charge in [0.1, 0.15) is 12.6 Å². The van der Waals surface area contributed by atoms with Gasteiger partial charge in [0.15, 0.2) is 0 Å². The van der Waals surface area contributed by atoms with Crippen molar-refractivity contribution in [3.05, 3.63) is 130 Å². The molecule has 0 bridgehead atoms. The quantitative estimate of drug-likeness (QED) is 0.180. The molecule has 44 heavy (non-hydrogen) atoms. The molecule has 0 radical (unpaired) electrons. The van der Waals surface area contributed by atoms with Gasteiger partial charge < -0.3 is 10.2 Å². The third kappa shape index (κ3) is 8.15. The van der Waals surface area contributed by atoms with Crippen molar-refractivity contribution >= 4 is 43.5 Å². The Bertz CT molecular complexity index is 1680. The molecule has 0 aliphatic rings. The average molecular weight is 677 g/mol. The van der Waals surface area contributed by atoms with E-state index in [2.05, 4.69) is 21.2 Å². The monoisotopic (exact) mass is 675 g/mol. The molecule has 0 aliphatic heterocycles. The predicted octanol–water partition coefficient (Wildman–Crippen LogP) is 6.29. The first kappa shape index (κ1) is 33.0. The SMILES string of the molecule is CCNC(=O)[C@@H](Cc1ccccc1)N(Cc1cccc(Br)c1)C(=O)CN(c1ccccc1CC)S(=O)(=O)c1ccc(C)cc1. The minimum absolute atomic E-state index is 0.0879. The lowest BCUT2D eigenvalue weighted by molar-refractivity contribution is -0.140. The summed E-state index contributed by atoms with van der Waals surface area (Å²) in [4.78, 5) is 29.7. The molecule has 4 aromatic carbocycles. The van der Waals surface area contributed by atoms with Crippen molar-refractivity contribution in [3.63, 3.8) is 0 Å². The highest BCUT2D eigenvalue weighted by Crippen LogP contribution is 2.29. The zero-order valence-corrected chi connectivity index (χ0v) is 27.6. The zero-order valence-electron chi connectivity index (χ0n) is 25.2. The van der Waals surface area contributed by atoms with Gasteiger partial charge in [-0.2, -0.15) is 0 Å². The molecule has 230 valence electrons. The molecule has 1 N–H and O–H groups in total. The maximum Gasteiger partial charge on any atom is 0.264 e. The van der Waals surface area contributed by atoms with Gasteiger partial charge in [-0.3, -0.25) is 13.9 Å². The van der Waals surface area contributed by atoms with Crippen molar-refractivity contribution in [3.8, 4) is 0 Å². The highest BCUT2D eigenvalue weighted by Gasteiger charge is 2.35. The number of nitrogens with one attached hydrogen (secondary N) is 1. The van der Waals surface area contributed by atoms with E-state index in [0.717, 1.165) is 26.7 Å². The van der Waals surface area contributed by atoms with Crippen molar-refractivity contribution in [2.45, 2.75) is 51.1 Å². The van der Waals surface area contributed by atoms with Crippen LogP contribution in [0.3, 0.4) is 0 Å². The number of benzene rings is 4. The number of carbonyl (C=O) groups is 2. The molecule has 0 fully saturated rings. The summed E-state index contributed by atoms with van der Waals surface area (Å²) >= 11 is 3.51. The molecular weight excluding hydrogens is 638 g/mol. The van der Waals surface area contributed by atoms with Crippen molar-refractivity contribution in [2.75, 3.05) is 17.4 Å². The molecule has 4 rings (SSSR count). The number of aryl methyl sites for hydroxylation is 2. The number of sulfonamides is 1. The first-order valence-corrected chi connectivity index (χ1v) is 16.9. The topological polar surface area (TPSA) is 86.8 Å².